The first-order valence-corrected chi connectivity index (χ1v) is 5.96. The third-order valence-electron chi connectivity index (χ3n) is 2.22. The molecule has 0 unspecified atom stereocenters. The van der Waals surface area contributed by atoms with Gasteiger partial charge in [-0.2, -0.15) is 0 Å². The van der Waals surface area contributed by atoms with Gasteiger partial charge in [0.05, 0.1) is 6.10 Å². The maximum absolute atomic E-state index is 9.33. The predicted molar refractivity (Wildman–Crippen MR) is 50.4 cm³/mol. The maximum atomic E-state index is 9.33. The van der Waals surface area contributed by atoms with Crippen LogP contribution in [-0.2, 0) is 4.74 Å². The summed E-state index contributed by atoms with van der Waals surface area (Å²) in [5.74, 6) is 0. The largest absolute Gasteiger partial charge is 0.381 e. The summed E-state index contributed by atoms with van der Waals surface area (Å²) in [5.41, 5.74) is 0. The predicted octanol–water partition coefficient (Wildman–Crippen LogP) is 1.39. The molecule has 12 heavy (non-hydrogen) atoms. The first-order chi connectivity index (χ1) is 5.54. The molecule has 0 bridgehead atoms. The molecule has 1 saturated heterocycles. The molecule has 1 aliphatic heterocycles. The summed E-state index contributed by atoms with van der Waals surface area (Å²) in [6, 6.07) is 0. The molecule has 1 heterocycles. The number of piperidine rings is 1. The van der Waals surface area contributed by atoms with Crippen LogP contribution in [0.25, 0.3) is 0 Å². The minimum atomic E-state index is -2.48. The molecule has 1 aliphatic rings. The molecule has 0 radical (unpaired) electrons. The first-order valence-electron chi connectivity index (χ1n) is 4.05. The van der Waals surface area contributed by atoms with E-state index in [1.165, 1.54) is 6.26 Å². The first kappa shape index (κ1) is 10.3. The lowest BCUT2D eigenvalue weighted by Gasteiger charge is -2.43. The summed E-state index contributed by atoms with van der Waals surface area (Å²) in [7, 11) is -0.781. The Morgan fingerprint density at radius 2 is 1.83 bits per heavy atom. The maximum Gasteiger partial charge on any atom is 0.0597 e. The molecule has 0 atom stereocenters. The lowest BCUT2D eigenvalue weighted by Crippen LogP contribution is -2.37. The molecular weight excluding hydrogens is 178 g/mol. The van der Waals surface area contributed by atoms with Crippen molar-refractivity contribution in [1.82, 2.24) is 4.31 Å². The topological polar surface area (TPSA) is 52.9 Å². The van der Waals surface area contributed by atoms with Crippen LogP contribution in [0.2, 0.25) is 0 Å². The van der Waals surface area contributed by atoms with Crippen LogP contribution in [0.4, 0.5) is 0 Å². The Bertz CT molecular complexity index is 140. The van der Waals surface area contributed by atoms with Crippen molar-refractivity contribution in [2.24, 2.45) is 0 Å². The Kier molecular flexibility index (Phi) is 3.37. The van der Waals surface area contributed by atoms with E-state index >= 15 is 0 Å². The molecule has 1 fully saturated rings. The monoisotopic (exact) mass is 195 g/mol. The van der Waals surface area contributed by atoms with Crippen molar-refractivity contribution in [3.05, 3.63) is 0 Å². The SMILES string of the molecule is COC1CCN(S(C)(O)O)CC1. The number of nitrogens with zero attached hydrogens (tertiary/aromatic N) is 1. The van der Waals surface area contributed by atoms with Crippen molar-refractivity contribution in [3.8, 4) is 0 Å². The molecule has 0 aromatic heterocycles. The molecule has 0 amide bonds. The summed E-state index contributed by atoms with van der Waals surface area (Å²) >= 11 is 0. The van der Waals surface area contributed by atoms with Crippen molar-refractivity contribution in [2.45, 2.75) is 18.9 Å². The van der Waals surface area contributed by atoms with Crippen LogP contribution in [-0.4, -0.2) is 46.0 Å². The molecule has 74 valence electrons. The standard InChI is InChI=1S/C7H17NO3S/c1-11-7-3-5-8(6-4-7)12(2,9)10/h7,9-10H,3-6H2,1-2H3. The highest BCUT2D eigenvalue weighted by molar-refractivity contribution is 8.21. The van der Waals surface area contributed by atoms with Gasteiger partial charge in [0.25, 0.3) is 0 Å². The molecular formula is C7H17NO3S. The summed E-state index contributed by atoms with van der Waals surface area (Å²) in [6.07, 6.45) is 3.54. The van der Waals surface area contributed by atoms with Crippen LogP contribution < -0.4 is 0 Å². The Balaban J connectivity index is 2.36. The van der Waals surface area contributed by atoms with Gasteiger partial charge in [-0.1, -0.05) is 0 Å². The van der Waals surface area contributed by atoms with Gasteiger partial charge in [0.15, 0.2) is 0 Å². The van der Waals surface area contributed by atoms with Gasteiger partial charge in [-0.3, -0.25) is 9.11 Å². The average Bonchev–Trinajstić information content (AvgIpc) is 2.03. The molecule has 0 aromatic rings. The molecule has 2 N–H and O–H groups in total. The molecule has 0 aromatic carbocycles. The van der Waals surface area contributed by atoms with E-state index in [1.807, 2.05) is 0 Å². The van der Waals surface area contributed by atoms with Gasteiger partial charge in [0.2, 0.25) is 0 Å². The van der Waals surface area contributed by atoms with Gasteiger partial charge >= 0.3 is 0 Å². The number of rotatable bonds is 2. The van der Waals surface area contributed by atoms with Gasteiger partial charge < -0.3 is 4.74 Å². The third-order valence-corrected chi connectivity index (χ3v) is 3.57. The molecule has 0 saturated carbocycles. The van der Waals surface area contributed by atoms with Crippen LogP contribution in [0.5, 0.6) is 0 Å². The van der Waals surface area contributed by atoms with Gasteiger partial charge in [0.1, 0.15) is 0 Å². The van der Waals surface area contributed by atoms with E-state index in [-0.39, 0.29) is 0 Å². The second-order valence-electron chi connectivity index (χ2n) is 3.16. The minimum absolute atomic E-state index is 0.294. The highest BCUT2D eigenvalue weighted by Crippen LogP contribution is 2.40. The zero-order valence-corrected chi connectivity index (χ0v) is 8.38. The van der Waals surface area contributed by atoms with E-state index in [4.69, 9.17) is 4.74 Å². The van der Waals surface area contributed by atoms with Gasteiger partial charge in [-0.05, 0) is 12.8 Å². The molecule has 0 spiro atoms. The van der Waals surface area contributed by atoms with E-state index in [1.54, 1.807) is 11.4 Å². The van der Waals surface area contributed by atoms with Gasteiger partial charge in [-0.15, -0.1) is 10.8 Å². The van der Waals surface area contributed by atoms with Crippen LogP contribution in [0.1, 0.15) is 12.8 Å². The zero-order valence-electron chi connectivity index (χ0n) is 7.56. The van der Waals surface area contributed by atoms with E-state index in [0.717, 1.165) is 25.9 Å². The van der Waals surface area contributed by atoms with E-state index < -0.39 is 10.8 Å². The second kappa shape index (κ2) is 3.93. The lowest BCUT2D eigenvalue weighted by molar-refractivity contribution is 0.0586. The van der Waals surface area contributed by atoms with E-state index in [9.17, 15) is 9.11 Å². The number of hydrogen-bond acceptors (Lipinski definition) is 4. The van der Waals surface area contributed by atoms with Crippen LogP contribution in [0, 0.1) is 0 Å². The Morgan fingerprint density at radius 3 is 2.17 bits per heavy atom. The summed E-state index contributed by atoms with van der Waals surface area (Å²) in [5, 5.41) is 0. The number of ether oxygens (including phenoxy) is 1. The van der Waals surface area contributed by atoms with E-state index in [0.29, 0.717) is 6.10 Å². The third kappa shape index (κ3) is 2.60. The summed E-state index contributed by atoms with van der Waals surface area (Å²) in [4.78, 5) is 0. The van der Waals surface area contributed by atoms with Gasteiger partial charge in [0, 0.05) is 26.5 Å². The van der Waals surface area contributed by atoms with E-state index in [2.05, 4.69) is 0 Å². The summed E-state index contributed by atoms with van der Waals surface area (Å²) < 4.78 is 25.5. The number of hydrogen-bond donors (Lipinski definition) is 2. The average molecular weight is 195 g/mol. The van der Waals surface area contributed by atoms with Crippen molar-refractivity contribution in [3.63, 3.8) is 0 Å². The molecule has 4 nitrogen and oxygen atoms in total. The quantitative estimate of drug-likeness (QED) is 0.699. The van der Waals surface area contributed by atoms with Crippen molar-refractivity contribution < 1.29 is 13.8 Å². The van der Waals surface area contributed by atoms with Crippen LogP contribution in [0.15, 0.2) is 0 Å². The fraction of sp³-hybridized carbons (Fsp3) is 1.00. The normalized spacial score (nSPS) is 24.3. The van der Waals surface area contributed by atoms with Gasteiger partial charge in [-0.25, -0.2) is 4.31 Å². The van der Waals surface area contributed by atoms with Crippen molar-refractivity contribution in [2.75, 3.05) is 26.5 Å². The summed E-state index contributed by atoms with van der Waals surface area (Å²) in [6.45, 7) is 1.44. The highest BCUT2D eigenvalue weighted by atomic mass is 32.3. The molecule has 0 aliphatic carbocycles. The molecule has 5 heteroatoms. The number of methoxy groups -OCH3 is 1. The Hall–Kier alpha value is 0.190. The highest BCUT2D eigenvalue weighted by Gasteiger charge is 2.24. The fourth-order valence-corrected chi connectivity index (χ4v) is 2.32. The Morgan fingerprint density at radius 1 is 1.33 bits per heavy atom. The fourth-order valence-electron chi connectivity index (χ4n) is 1.41. The van der Waals surface area contributed by atoms with Crippen molar-refractivity contribution >= 4 is 10.8 Å². The minimum Gasteiger partial charge on any atom is -0.381 e. The Labute approximate surface area is 75.0 Å². The zero-order chi connectivity index (χ0) is 9.19. The smallest absolute Gasteiger partial charge is 0.0597 e. The molecule has 1 rings (SSSR count). The second-order valence-corrected chi connectivity index (χ2v) is 5.26. The van der Waals surface area contributed by atoms with Crippen LogP contribution >= 0.6 is 10.8 Å². The lowest BCUT2D eigenvalue weighted by atomic mass is 10.1. The van der Waals surface area contributed by atoms with Crippen LogP contribution in [0.3, 0.4) is 0 Å². The van der Waals surface area contributed by atoms with Crippen molar-refractivity contribution in [1.29, 1.82) is 0 Å².